The van der Waals surface area contributed by atoms with E-state index in [2.05, 4.69) is 5.10 Å². The molecule has 0 spiro atoms. The molecule has 1 unspecified atom stereocenters. The quantitative estimate of drug-likeness (QED) is 0.872. The molecule has 0 radical (unpaired) electrons. The normalized spacial score (nSPS) is 14.3. The molecule has 0 bridgehead atoms. The molecule has 0 aliphatic carbocycles. The van der Waals surface area contributed by atoms with E-state index >= 15 is 0 Å². The minimum absolute atomic E-state index is 0.162. The van der Waals surface area contributed by atoms with Gasteiger partial charge in [0.1, 0.15) is 0 Å². The van der Waals surface area contributed by atoms with E-state index in [1.807, 2.05) is 13.8 Å². The third-order valence-corrected chi connectivity index (χ3v) is 2.40. The van der Waals surface area contributed by atoms with Crippen molar-refractivity contribution < 1.29 is 18.3 Å². The lowest BCUT2D eigenvalue weighted by molar-refractivity contribution is -0.139. The molecule has 1 aromatic heterocycles. The van der Waals surface area contributed by atoms with Crippen molar-refractivity contribution >= 4 is 0 Å². The molecule has 6 heteroatoms. The maximum atomic E-state index is 11.9. The fourth-order valence-corrected chi connectivity index (χ4v) is 1.45. The molecule has 1 rings (SSSR count). The minimum Gasteiger partial charge on any atom is -0.393 e. The van der Waals surface area contributed by atoms with Gasteiger partial charge in [-0.1, -0.05) is 0 Å². The van der Waals surface area contributed by atoms with Crippen LogP contribution in [0.25, 0.3) is 0 Å². The summed E-state index contributed by atoms with van der Waals surface area (Å²) in [5, 5.41) is 13.6. The predicted octanol–water partition coefficient (Wildman–Crippen LogP) is 2.71. The minimum atomic E-state index is -4.21. The Morgan fingerprint density at radius 2 is 2.06 bits per heavy atom. The Bertz CT molecular complexity index is 347. The first-order valence-electron chi connectivity index (χ1n) is 5.57. The molecule has 1 heterocycles. The van der Waals surface area contributed by atoms with Gasteiger partial charge < -0.3 is 5.11 Å². The van der Waals surface area contributed by atoms with Crippen LogP contribution in [0.3, 0.4) is 0 Å². The van der Waals surface area contributed by atoms with Gasteiger partial charge in [0.05, 0.1) is 11.8 Å². The Morgan fingerprint density at radius 3 is 2.53 bits per heavy atom. The van der Waals surface area contributed by atoms with Gasteiger partial charge in [-0.3, -0.25) is 4.68 Å². The second kappa shape index (κ2) is 5.53. The largest absolute Gasteiger partial charge is 0.393 e. The zero-order chi connectivity index (χ0) is 13.1. The van der Waals surface area contributed by atoms with Gasteiger partial charge in [-0.2, -0.15) is 18.3 Å². The van der Waals surface area contributed by atoms with Gasteiger partial charge in [0.15, 0.2) is 0 Å². The zero-order valence-corrected chi connectivity index (χ0v) is 9.91. The summed E-state index contributed by atoms with van der Waals surface area (Å²) >= 11 is 0. The smallest absolute Gasteiger partial charge is 0.389 e. The third-order valence-electron chi connectivity index (χ3n) is 2.40. The Hall–Kier alpha value is -1.04. The van der Waals surface area contributed by atoms with Crippen LogP contribution in [-0.2, 0) is 6.42 Å². The van der Waals surface area contributed by atoms with Crippen LogP contribution in [-0.4, -0.2) is 27.2 Å². The summed E-state index contributed by atoms with van der Waals surface area (Å²) in [5.41, 5.74) is 0.619. The number of hydrogen-bond acceptors (Lipinski definition) is 2. The van der Waals surface area contributed by atoms with E-state index in [1.54, 1.807) is 16.9 Å². The lowest BCUT2D eigenvalue weighted by atomic mass is 10.1. The number of aliphatic hydroxyl groups is 1. The molecule has 0 amide bonds. The average molecular weight is 250 g/mol. The first-order valence-corrected chi connectivity index (χ1v) is 5.57. The van der Waals surface area contributed by atoms with E-state index in [1.165, 1.54) is 0 Å². The topological polar surface area (TPSA) is 38.0 Å². The predicted molar refractivity (Wildman–Crippen MR) is 57.6 cm³/mol. The van der Waals surface area contributed by atoms with Crippen molar-refractivity contribution in [2.75, 3.05) is 0 Å². The number of alkyl halides is 3. The van der Waals surface area contributed by atoms with Crippen LogP contribution >= 0.6 is 0 Å². The summed E-state index contributed by atoms with van der Waals surface area (Å²) < 4.78 is 37.5. The monoisotopic (exact) mass is 250 g/mol. The molecule has 3 nitrogen and oxygen atoms in total. The van der Waals surface area contributed by atoms with Crippen LogP contribution in [0.2, 0.25) is 0 Å². The van der Waals surface area contributed by atoms with Crippen molar-refractivity contribution in [1.29, 1.82) is 0 Å². The van der Waals surface area contributed by atoms with Gasteiger partial charge in [-0.15, -0.1) is 0 Å². The highest BCUT2D eigenvalue weighted by molar-refractivity contribution is 5.01. The summed E-state index contributed by atoms with van der Waals surface area (Å²) in [6.45, 7) is 3.91. The molecule has 17 heavy (non-hydrogen) atoms. The molecule has 0 fully saturated rings. The lowest BCUT2D eigenvalue weighted by Crippen LogP contribution is -2.16. The molecule has 1 aromatic rings. The summed E-state index contributed by atoms with van der Waals surface area (Å²) in [7, 11) is 0. The second-order valence-corrected chi connectivity index (χ2v) is 4.39. The fraction of sp³-hybridized carbons (Fsp3) is 0.727. The maximum Gasteiger partial charge on any atom is 0.389 e. The molecule has 0 aliphatic heterocycles. The maximum absolute atomic E-state index is 11.9. The summed E-state index contributed by atoms with van der Waals surface area (Å²) in [6.07, 6.45) is -4.52. The first kappa shape index (κ1) is 14.0. The molecule has 0 saturated heterocycles. The van der Waals surface area contributed by atoms with Crippen molar-refractivity contribution in [3.8, 4) is 0 Å². The zero-order valence-electron chi connectivity index (χ0n) is 9.91. The highest BCUT2D eigenvalue weighted by Gasteiger charge is 2.28. The van der Waals surface area contributed by atoms with Crippen LogP contribution in [0.4, 0.5) is 13.2 Å². The number of nitrogens with zero attached hydrogens (tertiary/aromatic N) is 2. The average Bonchev–Trinajstić information content (AvgIpc) is 2.62. The van der Waals surface area contributed by atoms with Crippen LogP contribution in [0.1, 0.15) is 38.4 Å². The van der Waals surface area contributed by atoms with Gasteiger partial charge in [-0.25, -0.2) is 0 Å². The summed E-state index contributed by atoms with van der Waals surface area (Å²) in [6, 6.07) is 1.92. The lowest BCUT2D eigenvalue weighted by Gasteiger charge is -2.11. The molecular formula is C11H17F3N2O. The molecule has 1 atom stereocenters. The highest BCUT2D eigenvalue weighted by atomic mass is 19.4. The Balaban J connectivity index is 2.42. The van der Waals surface area contributed by atoms with Gasteiger partial charge >= 0.3 is 6.18 Å². The van der Waals surface area contributed by atoms with Crippen LogP contribution in [0, 0.1) is 0 Å². The molecule has 0 saturated carbocycles. The van der Waals surface area contributed by atoms with Crippen molar-refractivity contribution in [2.24, 2.45) is 0 Å². The van der Waals surface area contributed by atoms with E-state index in [9.17, 15) is 18.3 Å². The first-order chi connectivity index (χ1) is 7.78. The van der Waals surface area contributed by atoms with Gasteiger partial charge in [0, 0.05) is 25.1 Å². The fourth-order valence-electron chi connectivity index (χ4n) is 1.45. The molecular weight excluding hydrogens is 233 g/mol. The number of aliphatic hydroxyl groups excluding tert-OH is 1. The van der Waals surface area contributed by atoms with Gasteiger partial charge in [0.2, 0.25) is 0 Å². The second-order valence-electron chi connectivity index (χ2n) is 4.39. The summed E-state index contributed by atoms with van der Waals surface area (Å²) in [4.78, 5) is 0. The molecule has 98 valence electrons. The van der Waals surface area contributed by atoms with Crippen molar-refractivity contribution in [2.45, 2.75) is 51.4 Å². The van der Waals surface area contributed by atoms with Crippen LogP contribution in [0.15, 0.2) is 12.3 Å². The highest BCUT2D eigenvalue weighted by Crippen LogP contribution is 2.23. The molecule has 0 aromatic carbocycles. The number of aromatic nitrogens is 2. The van der Waals surface area contributed by atoms with Gasteiger partial charge in [0.25, 0.3) is 0 Å². The Labute approximate surface area is 98.2 Å². The van der Waals surface area contributed by atoms with Crippen molar-refractivity contribution in [3.63, 3.8) is 0 Å². The van der Waals surface area contributed by atoms with Crippen molar-refractivity contribution in [3.05, 3.63) is 18.0 Å². The summed E-state index contributed by atoms with van der Waals surface area (Å²) in [5.74, 6) is 0. The number of halogens is 3. The Kier molecular flexibility index (Phi) is 4.56. The van der Waals surface area contributed by atoms with Crippen LogP contribution in [0.5, 0.6) is 0 Å². The Morgan fingerprint density at radius 1 is 1.41 bits per heavy atom. The standard InChI is InChI=1S/C11H17F3N2O/c1-8(2)16-6-4-9(15-16)7-10(17)3-5-11(12,13)14/h4,6,8,10,17H,3,5,7H2,1-2H3. The third kappa shape index (κ3) is 5.21. The number of rotatable bonds is 5. The SMILES string of the molecule is CC(C)n1ccc(CC(O)CCC(F)(F)F)n1. The molecule has 0 aliphatic rings. The number of hydrogen-bond donors (Lipinski definition) is 1. The van der Waals surface area contributed by atoms with E-state index < -0.39 is 18.7 Å². The van der Waals surface area contributed by atoms with E-state index in [0.717, 1.165) is 0 Å². The van der Waals surface area contributed by atoms with Crippen LogP contribution < -0.4 is 0 Å². The molecule has 1 N–H and O–H groups in total. The van der Waals surface area contributed by atoms with E-state index in [-0.39, 0.29) is 18.9 Å². The van der Waals surface area contributed by atoms with E-state index in [4.69, 9.17) is 0 Å². The van der Waals surface area contributed by atoms with E-state index in [0.29, 0.717) is 5.69 Å². The van der Waals surface area contributed by atoms with Gasteiger partial charge in [-0.05, 0) is 26.3 Å². The van der Waals surface area contributed by atoms with Crippen molar-refractivity contribution in [1.82, 2.24) is 9.78 Å².